The molecule has 2 rings (SSSR count). The molecule has 0 aromatic heterocycles. The van der Waals surface area contributed by atoms with E-state index in [1.54, 1.807) is 0 Å². The maximum atomic E-state index is 11.6. The van der Waals surface area contributed by atoms with Crippen molar-refractivity contribution in [2.45, 2.75) is 25.7 Å². The number of nitrogens with zero attached hydrogens (tertiary/aromatic N) is 1. The smallest absolute Gasteiger partial charge is 0.191 e. The van der Waals surface area contributed by atoms with Crippen molar-refractivity contribution in [3.8, 4) is 0 Å². The van der Waals surface area contributed by atoms with Crippen LogP contribution in [-0.2, 0) is 9.84 Å². The second-order valence-electron chi connectivity index (χ2n) is 6.94. The van der Waals surface area contributed by atoms with Crippen LogP contribution in [-0.4, -0.2) is 57.7 Å². The van der Waals surface area contributed by atoms with E-state index >= 15 is 0 Å². The summed E-state index contributed by atoms with van der Waals surface area (Å²) in [7, 11) is -2.99. The van der Waals surface area contributed by atoms with Crippen LogP contribution in [0, 0.1) is 5.41 Å². The van der Waals surface area contributed by atoms with Gasteiger partial charge in [0.2, 0.25) is 0 Å². The van der Waals surface area contributed by atoms with Crippen molar-refractivity contribution in [2.24, 2.45) is 10.4 Å². The molecule has 6 nitrogen and oxygen atoms in total. The number of aliphatic hydroxyl groups is 1. The number of benzene rings is 1. The Morgan fingerprint density at radius 1 is 1.27 bits per heavy atom. The Morgan fingerprint density at radius 3 is 2.42 bits per heavy atom. The fraction of sp³-hybridized carbons (Fsp3) is 0.611. The van der Waals surface area contributed by atoms with Crippen molar-refractivity contribution in [3.05, 3.63) is 35.9 Å². The largest absolute Gasteiger partial charge is 0.396 e. The van der Waals surface area contributed by atoms with Crippen LogP contribution in [0.2, 0.25) is 0 Å². The van der Waals surface area contributed by atoms with Crippen LogP contribution in [0.1, 0.15) is 31.2 Å². The zero-order chi connectivity index (χ0) is 18.3. The van der Waals surface area contributed by atoms with Crippen LogP contribution in [0.15, 0.2) is 35.3 Å². The average Bonchev–Trinajstić information content (AvgIpc) is 3.32. The van der Waals surface area contributed by atoms with E-state index in [0.717, 1.165) is 24.9 Å². The van der Waals surface area contributed by atoms with Crippen molar-refractivity contribution < 1.29 is 13.5 Å². The van der Waals surface area contributed by atoms with Gasteiger partial charge in [0.25, 0.3) is 0 Å². The molecule has 1 aliphatic carbocycles. The summed E-state index contributed by atoms with van der Waals surface area (Å²) < 4.78 is 23.1. The summed E-state index contributed by atoms with van der Waals surface area (Å²) in [5, 5.41) is 16.1. The van der Waals surface area contributed by atoms with Gasteiger partial charge in [-0.1, -0.05) is 30.3 Å². The molecule has 1 aromatic rings. The molecule has 148 valence electrons. The molecule has 1 atom stereocenters. The summed E-state index contributed by atoms with van der Waals surface area (Å²) >= 11 is 0. The van der Waals surface area contributed by atoms with E-state index in [1.165, 1.54) is 6.26 Å². The highest BCUT2D eigenvalue weighted by Gasteiger charge is 2.45. The van der Waals surface area contributed by atoms with Gasteiger partial charge in [0, 0.05) is 37.2 Å². The van der Waals surface area contributed by atoms with Gasteiger partial charge in [-0.25, -0.2) is 8.42 Å². The molecule has 8 heteroatoms. The van der Waals surface area contributed by atoms with Crippen molar-refractivity contribution >= 4 is 39.8 Å². The van der Waals surface area contributed by atoms with Gasteiger partial charge in [-0.15, -0.1) is 24.0 Å². The van der Waals surface area contributed by atoms with Crippen molar-refractivity contribution in [2.75, 3.05) is 38.2 Å². The lowest BCUT2D eigenvalue weighted by Crippen LogP contribution is -2.40. The molecule has 0 saturated heterocycles. The highest BCUT2D eigenvalue weighted by molar-refractivity contribution is 14.0. The number of halogens is 1. The first-order chi connectivity index (χ1) is 11.9. The second kappa shape index (κ2) is 10.5. The molecule has 0 spiro atoms. The van der Waals surface area contributed by atoms with Crippen molar-refractivity contribution in [3.63, 3.8) is 0 Å². The van der Waals surface area contributed by atoms with Crippen LogP contribution in [0.5, 0.6) is 0 Å². The molecule has 26 heavy (non-hydrogen) atoms. The Balaban J connectivity index is 0.00000338. The summed E-state index contributed by atoms with van der Waals surface area (Å²) in [6, 6.07) is 9.86. The van der Waals surface area contributed by atoms with Crippen LogP contribution in [0.4, 0.5) is 0 Å². The molecule has 1 fully saturated rings. The Hall–Kier alpha value is -0.870. The zero-order valence-electron chi connectivity index (χ0n) is 15.4. The number of nitrogens with one attached hydrogen (secondary N) is 2. The third kappa shape index (κ3) is 7.79. The lowest BCUT2D eigenvalue weighted by molar-refractivity contribution is 0.265. The number of aliphatic hydroxyl groups excluding tert-OH is 1. The summed E-state index contributed by atoms with van der Waals surface area (Å²) in [5.41, 5.74) is 0.884. The first-order valence-electron chi connectivity index (χ1n) is 8.73. The van der Waals surface area contributed by atoms with E-state index in [9.17, 15) is 13.5 Å². The van der Waals surface area contributed by atoms with Gasteiger partial charge in [0.05, 0.1) is 12.4 Å². The molecule has 1 unspecified atom stereocenters. The molecule has 0 aliphatic heterocycles. The maximum Gasteiger partial charge on any atom is 0.191 e. The van der Waals surface area contributed by atoms with E-state index in [0.29, 0.717) is 19.0 Å². The quantitative estimate of drug-likeness (QED) is 0.276. The first-order valence-corrected chi connectivity index (χ1v) is 10.8. The van der Waals surface area contributed by atoms with Gasteiger partial charge in [-0.05, 0) is 25.3 Å². The van der Waals surface area contributed by atoms with Crippen molar-refractivity contribution in [1.82, 2.24) is 10.6 Å². The Labute approximate surface area is 173 Å². The number of hydrogen-bond acceptors (Lipinski definition) is 4. The minimum atomic E-state index is -2.99. The normalized spacial score (nSPS) is 17.1. The summed E-state index contributed by atoms with van der Waals surface area (Å²) in [5.74, 6) is 0.847. The Morgan fingerprint density at radius 2 is 1.92 bits per heavy atom. The van der Waals surface area contributed by atoms with Gasteiger partial charge >= 0.3 is 0 Å². The summed E-state index contributed by atoms with van der Waals surface area (Å²) in [6.07, 6.45) is 3.10. The molecular formula is C18H30IN3O3S. The Bertz CT molecular complexity index is 676. The number of rotatable bonds is 9. The van der Waals surface area contributed by atoms with Crippen molar-refractivity contribution in [1.29, 1.82) is 0 Å². The van der Waals surface area contributed by atoms with Crippen LogP contribution in [0.25, 0.3) is 0 Å². The predicted molar refractivity (Wildman–Crippen MR) is 117 cm³/mol. The molecule has 3 N–H and O–H groups in total. The molecular weight excluding hydrogens is 465 g/mol. The van der Waals surface area contributed by atoms with Gasteiger partial charge in [0.1, 0.15) is 9.84 Å². The lowest BCUT2D eigenvalue weighted by atomic mass is 10.0. The van der Waals surface area contributed by atoms with E-state index < -0.39 is 9.84 Å². The number of sulfone groups is 1. The van der Waals surface area contributed by atoms with Gasteiger partial charge in [-0.2, -0.15) is 0 Å². The van der Waals surface area contributed by atoms with E-state index in [-0.39, 0.29) is 47.7 Å². The maximum absolute atomic E-state index is 11.6. The van der Waals surface area contributed by atoms with Crippen LogP contribution >= 0.6 is 24.0 Å². The average molecular weight is 495 g/mol. The molecule has 1 aromatic carbocycles. The Kier molecular flexibility index (Phi) is 9.32. The van der Waals surface area contributed by atoms with E-state index in [4.69, 9.17) is 0 Å². The molecule has 1 aliphatic rings. The summed E-state index contributed by atoms with van der Waals surface area (Å²) in [4.78, 5) is 4.58. The fourth-order valence-electron chi connectivity index (χ4n) is 2.90. The molecule has 0 radical (unpaired) electrons. The van der Waals surface area contributed by atoms with E-state index in [1.807, 2.05) is 37.3 Å². The minimum absolute atomic E-state index is 0. The molecule has 0 heterocycles. The summed E-state index contributed by atoms with van der Waals surface area (Å²) in [6.45, 7) is 3.83. The highest BCUT2D eigenvalue weighted by Crippen LogP contribution is 2.46. The van der Waals surface area contributed by atoms with E-state index in [2.05, 4.69) is 15.6 Å². The third-order valence-corrected chi connectivity index (χ3v) is 5.59. The van der Waals surface area contributed by atoms with Gasteiger partial charge < -0.3 is 15.7 Å². The molecule has 0 bridgehead atoms. The first kappa shape index (κ1) is 23.2. The van der Waals surface area contributed by atoms with Crippen LogP contribution in [0.3, 0.4) is 0 Å². The number of guanidine groups is 1. The highest BCUT2D eigenvalue weighted by atomic mass is 127. The second-order valence-corrected chi connectivity index (χ2v) is 9.08. The van der Waals surface area contributed by atoms with Crippen LogP contribution < -0.4 is 10.6 Å². The molecule has 0 amide bonds. The predicted octanol–water partition coefficient (Wildman–Crippen LogP) is 1.76. The standard InChI is InChI=1S/C18H29N3O3S.HI/c1-3-19-17(21-13-18(9-10-18)14-25(2,23)24)20-11-16(12-22)15-7-5-4-6-8-15;/h4-8,16,22H,3,9-14H2,1-2H3,(H2,19,20,21);1H. The minimum Gasteiger partial charge on any atom is -0.396 e. The zero-order valence-corrected chi connectivity index (χ0v) is 18.6. The van der Waals surface area contributed by atoms with Gasteiger partial charge in [-0.3, -0.25) is 4.99 Å². The lowest BCUT2D eigenvalue weighted by Gasteiger charge is -2.19. The monoisotopic (exact) mass is 495 g/mol. The fourth-order valence-corrected chi connectivity index (χ4v) is 4.39. The number of aliphatic imine (C=N–C) groups is 1. The number of hydrogen-bond donors (Lipinski definition) is 3. The SMILES string of the molecule is CCNC(=NCC1(CS(C)(=O)=O)CC1)NCC(CO)c1ccccc1.I. The molecule has 1 saturated carbocycles. The topological polar surface area (TPSA) is 90.8 Å². The van der Waals surface area contributed by atoms with Gasteiger partial charge in [0.15, 0.2) is 5.96 Å². The third-order valence-electron chi connectivity index (χ3n) is 4.45.